The van der Waals surface area contributed by atoms with Crippen LogP contribution in [-0.2, 0) is 9.59 Å². The Bertz CT molecular complexity index is 690. The molecule has 3 rings (SSSR count). The lowest BCUT2D eigenvalue weighted by Gasteiger charge is -2.36. The maximum absolute atomic E-state index is 12.1. The molecule has 0 bridgehead atoms. The molecule has 1 aliphatic carbocycles. The normalized spacial score (nSPS) is 15.8. The van der Waals surface area contributed by atoms with Crippen LogP contribution in [0.25, 0.3) is 5.69 Å². The molecule has 1 fully saturated rings. The number of hydrogen-bond acceptors (Lipinski definition) is 3. The summed E-state index contributed by atoms with van der Waals surface area (Å²) in [7, 11) is 0. The third kappa shape index (κ3) is 2.72. The van der Waals surface area contributed by atoms with Gasteiger partial charge >= 0.3 is 5.97 Å². The van der Waals surface area contributed by atoms with Crippen LogP contribution in [0.3, 0.4) is 0 Å². The van der Waals surface area contributed by atoms with Gasteiger partial charge < -0.3 is 10.4 Å². The van der Waals surface area contributed by atoms with Gasteiger partial charge in [-0.25, -0.2) is 4.68 Å². The van der Waals surface area contributed by atoms with Gasteiger partial charge in [-0.15, -0.1) is 0 Å². The summed E-state index contributed by atoms with van der Waals surface area (Å²) in [5.74, 6) is -1.14. The van der Waals surface area contributed by atoms with Crippen molar-refractivity contribution in [1.82, 2.24) is 9.78 Å². The Morgan fingerprint density at radius 1 is 1.32 bits per heavy atom. The maximum Gasteiger partial charge on any atom is 0.310 e. The number of anilines is 1. The van der Waals surface area contributed by atoms with Crippen LogP contribution in [0.1, 0.15) is 25.7 Å². The third-order valence-electron chi connectivity index (χ3n) is 4.16. The molecule has 114 valence electrons. The number of aliphatic carboxylic acids is 1. The zero-order chi connectivity index (χ0) is 15.6. The molecule has 2 aromatic rings. The van der Waals surface area contributed by atoms with Gasteiger partial charge in [0, 0.05) is 24.5 Å². The van der Waals surface area contributed by atoms with E-state index in [1.54, 1.807) is 23.0 Å². The van der Waals surface area contributed by atoms with Gasteiger partial charge in [0.05, 0.1) is 11.1 Å². The Hall–Kier alpha value is -2.63. The Morgan fingerprint density at radius 3 is 2.73 bits per heavy atom. The molecule has 6 nitrogen and oxygen atoms in total. The van der Waals surface area contributed by atoms with Gasteiger partial charge in [-0.3, -0.25) is 9.59 Å². The number of carboxylic acid groups (broad SMARTS) is 1. The van der Waals surface area contributed by atoms with Gasteiger partial charge in [-0.05, 0) is 37.1 Å². The predicted octanol–water partition coefficient (Wildman–Crippen LogP) is 2.46. The minimum atomic E-state index is -0.876. The molecule has 0 saturated heterocycles. The number of nitrogens with zero attached hydrogens (tertiary/aromatic N) is 2. The number of rotatable bonds is 5. The third-order valence-corrected chi connectivity index (χ3v) is 4.16. The molecule has 0 unspecified atom stereocenters. The fourth-order valence-corrected chi connectivity index (χ4v) is 2.73. The second-order valence-corrected chi connectivity index (χ2v) is 5.66. The molecular weight excluding hydrogens is 282 g/mol. The smallest absolute Gasteiger partial charge is 0.310 e. The van der Waals surface area contributed by atoms with E-state index in [0.717, 1.165) is 12.1 Å². The van der Waals surface area contributed by atoms with E-state index in [1.165, 1.54) is 0 Å². The lowest BCUT2D eigenvalue weighted by Crippen LogP contribution is -2.41. The summed E-state index contributed by atoms with van der Waals surface area (Å²) in [6.07, 6.45) is 5.53. The zero-order valence-electron chi connectivity index (χ0n) is 12.0. The van der Waals surface area contributed by atoms with Crippen LogP contribution in [0.4, 0.5) is 5.69 Å². The van der Waals surface area contributed by atoms with Gasteiger partial charge in [-0.2, -0.15) is 5.10 Å². The highest BCUT2D eigenvalue weighted by Gasteiger charge is 2.45. The molecule has 0 atom stereocenters. The van der Waals surface area contributed by atoms with E-state index in [4.69, 9.17) is 0 Å². The first-order valence-electron chi connectivity index (χ1n) is 7.22. The first-order valence-corrected chi connectivity index (χ1v) is 7.22. The van der Waals surface area contributed by atoms with E-state index in [0.29, 0.717) is 18.5 Å². The molecule has 1 saturated carbocycles. The summed E-state index contributed by atoms with van der Waals surface area (Å²) < 4.78 is 1.69. The first-order chi connectivity index (χ1) is 10.6. The minimum Gasteiger partial charge on any atom is -0.481 e. The van der Waals surface area contributed by atoms with Crippen molar-refractivity contribution in [2.75, 3.05) is 5.32 Å². The van der Waals surface area contributed by atoms with Gasteiger partial charge in [-0.1, -0.05) is 12.5 Å². The van der Waals surface area contributed by atoms with Crippen molar-refractivity contribution in [1.29, 1.82) is 0 Å². The molecule has 22 heavy (non-hydrogen) atoms. The van der Waals surface area contributed by atoms with E-state index in [2.05, 4.69) is 10.4 Å². The summed E-state index contributed by atoms with van der Waals surface area (Å²) in [4.78, 5) is 23.4. The number of carbonyl (C=O) groups excluding carboxylic acids is 1. The number of aromatic nitrogens is 2. The summed E-state index contributed by atoms with van der Waals surface area (Å²) in [5, 5.41) is 16.2. The average molecular weight is 299 g/mol. The van der Waals surface area contributed by atoms with E-state index in [-0.39, 0.29) is 12.3 Å². The molecule has 2 N–H and O–H groups in total. The number of amides is 1. The van der Waals surface area contributed by atoms with Gasteiger partial charge in [0.1, 0.15) is 0 Å². The van der Waals surface area contributed by atoms with Gasteiger partial charge in [0.25, 0.3) is 0 Å². The summed E-state index contributed by atoms with van der Waals surface area (Å²) >= 11 is 0. The van der Waals surface area contributed by atoms with Crippen molar-refractivity contribution in [2.45, 2.75) is 25.7 Å². The van der Waals surface area contributed by atoms with Gasteiger partial charge in [0.15, 0.2) is 0 Å². The number of benzene rings is 1. The highest BCUT2D eigenvalue weighted by molar-refractivity contribution is 5.94. The first kappa shape index (κ1) is 14.3. The van der Waals surface area contributed by atoms with Crippen LogP contribution in [-0.4, -0.2) is 26.8 Å². The van der Waals surface area contributed by atoms with Crippen LogP contribution in [0.15, 0.2) is 42.7 Å². The quantitative estimate of drug-likeness (QED) is 0.888. The number of carboxylic acids is 1. The van der Waals surface area contributed by atoms with Crippen LogP contribution in [0.5, 0.6) is 0 Å². The van der Waals surface area contributed by atoms with Crippen molar-refractivity contribution in [3.63, 3.8) is 0 Å². The molecule has 1 aromatic carbocycles. The molecule has 0 spiro atoms. The van der Waals surface area contributed by atoms with Crippen molar-refractivity contribution < 1.29 is 14.7 Å². The Kier molecular flexibility index (Phi) is 3.66. The van der Waals surface area contributed by atoms with Crippen molar-refractivity contribution >= 4 is 17.6 Å². The average Bonchev–Trinajstić information content (AvgIpc) is 2.97. The maximum atomic E-state index is 12.1. The molecule has 1 heterocycles. The SMILES string of the molecule is O=C(CC1(C(=O)O)CCC1)Nc1cccc(-n2cccn2)c1. The highest BCUT2D eigenvalue weighted by Crippen LogP contribution is 2.44. The van der Waals surface area contributed by atoms with Crippen LogP contribution < -0.4 is 5.32 Å². The highest BCUT2D eigenvalue weighted by atomic mass is 16.4. The summed E-state index contributed by atoms with van der Waals surface area (Å²) in [5.41, 5.74) is 0.598. The molecule has 1 aliphatic rings. The van der Waals surface area contributed by atoms with Crippen molar-refractivity contribution in [2.24, 2.45) is 5.41 Å². The fourth-order valence-electron chi connectivity index (χ4n) is 2.73. The summed E-state index contributed by atoms with van der Waals surface area (Å²) in [6.45, 7) is 0. The largest absolute Gasteiger partial charge is 0.481 e. The molecule has 0 aliphatic heterocycles. The topological polar surface area (TPSA) is 84.2 Å². The fraction of sp³-hybridized carbons (Fsp3) is 0.312. The molecule has 6 heteroatoms. The monoisotopic (exact) mass is 299 g/mol. The minimum absolute atomic E-state index is 0.0222. The van der Waals surface area contributed by atoms with E-state index in [9.17, 15) is 14.7 Å². The van der Waals surface area contributed by atoms with Crippen LogP contribution in [0.2, 0.25) is 0 Å². The predicted molar refractivity (Wildman–Crippen MR) is 80.7 cm³/mol. The number of nitrogens with one attached hydrogen (secondary N) is 1. The zero-order valence-corrected chi connectivity index (χ0v) is 12.0. The van der Waals surface area contributed by atoms with Crippen molar-refractivity contribution in [3.8, 4) is 5.69 Å². The number of hydrogen-bond donors (Lipinski definition) is 2. The molecular formula is C16H17N3O3. The molecule has 1 amide bonds. The van der Waals surface area contributed by atoms with E-state index >= 15 is 0 Å². The number of carbonyl (C=O) groups is 2. The second kappa shape index (κ2) is 5.63. The standard InChI is InChI=1S/C16H17N3O3/c20-14(11-16(15(21)22)6-2-7-16)18-12-4-1-5-13(10-12)19-9-3-8-17-19/h1,3-5,8-10H,2,6-7,11H2,(H,18,20)(H,21,22). The summed E-state index contributed by atoms with van der Waals surface area (Å²) in [6, 6.07) is 9.10. The lowest BCUT2D eigenvalue weighted by atomic mass is 9.66. The second-order valence-electron chi connectivity index (χ2n) is 5.66. The Balaban J connectivity index is 1.69. The lowest BCUT2D eigenvalue weighted by molar-refractivity contribution is -0.157. The van der Waals surface area contributed by atoms with Crippen molar-refractivity contribution in [3.05, 3.63) is 42.7 Å². The molecule has 0 radical (unpaired) electrons. The molecule has 1 aromatic heterocycles. The Labute approximate surface area is 127 Å². The van der Waals surface area contributed by atoms with E-state index < -0.39 is 11.4 Å². The van der Waals surface area contributed by atoms with Gasteiger partial charge in [0.2, 0.25) is 5.91 Å². The Morgan fingerprint density at radius 2 is 2.14 bits per heavy atom. The van der Waals surface area contributed by atoms with E-state index in [1.807, 2.05) is 24.4 Å². The van der Waals surface area contributed by atoms with Crippen LogP contribution >= 0.6 is 0 Å². The van der Waals surface area contributed by atoms with Crippen LogP contribution in [0, 0.1) is 5.41 Å².